The van der Waals surface area contributed by atoms with Crippen LogP contribution in [0, 0.1) is 0 Å². The van der Waals surface area contributed by atoms with Crippen LogP contribution in [0.15, 0.2) is 60.8 Å². The predicted octanol–water partition coefficient (Wildman–Crippen LogP) is -2.08. The van der Waals surface area contributed by atoms with Gasteiger partial charge in [0.2, 0.25) is 41.4 Å². The Balaban J connectivity index is 1.58. The van der Waals surface area contributed by atoms with Gasteiger partial charge in [0.1, 0.15) is 36.3 Å². The number of carboxylic acid groups (broad SMARTS) is 2. The number of para-hydroxylation sites is 1. The van der Waals surface area contributed by atoms with E-state index < -0.39 is 109 Å². The molecule has 7 amide bonds. The molecule has 1 saturated heterocycles. The maximum absolute atomic E-state index is 14.3. The number of hydrogen-bond donors (Lipinski definition) is 11. The van der Waals surface area contributed by atoms with Crippen LogP contribution in [0.25, 0.3) is 10.9 Å². The molecule has 0 radical (unpaired) electrons. The highest BCUT2D eigenvalue weighted by molar-refractivity contribution is 5.98. The van der Waals surface area contributed by atoms with E-state index in [1.54, 1.807) is 60.8 Å². The third kappa shape index (κ3) is 13.6. The summed E-state index contributed by atoms with van der Waals surface area (Å²) in [5.74, 6) is -8.37. The number of carboxylic acids is 2. The van der Waals surface area contributed by atoms with Crippen LogP contribution in [0.5, 0.6) is 0 Å². The largest absolute Gasteiger partial charge is 0.481 e. The van der Waals surface area contributed by atoms with Crippen LogP contribution in [-0.2, 0) is 56.0 Å². The summed E-state index contributed by atoms with van der Waals surface area (Å²) in [5.41, 5.74) is 13.1. The van der Waals surface area contributed by atoms with Gasteiger partial charge in [-0.2, -0.15) is 0 Å². The molecule has 1 aliphatic heterocycles. The summed E-state index contributed by atoms with van der Waals surface area (Å²) >= 11 is 0. The Hall–Kier alpha value is -6.87. The van der Waals surface area contributed by atoms with E-state index in [0.717, 1.165) is 10.9 Å². The Morgan fingerprint density at radius 1 is 0.758 bits per heavy atom. The van der Waals surface area contributed by atoms with Gasteiger partial charge in [-0.1, -0.05) is 48.5 Å². The number of carbonyl (C=O) groups is 9. The summed E-state index contributed by atoms with van der Waals surface area (Å²) in [5, 5.41) is 41.1. The molecule has 1 fully saturated rings. The van der Waals surface area contributed by atoms with Crippen LogP contribution >= 0.6 is 0 Å². The monoisotopic (exact) mass is 863 g/mol. The highest BCUT2D eigenvalue weighted by Gasteiger charge is 2.39. The number of nitrogens with one attached hydrogen (secondary N) is 6. The van der Waals surface area contributed by atoms with Gasteiger partial charge in [-0.25, -0.2) is 4.79 Å². The fraction of sp³-hybridized carbons (Fsp3) is 0.439. The number of benzene rings is 2. The molecule has 21 heteroatoms. The highest BCUT2D eigenvalue weighted by atomic mass is 16.4. The average Bonchev–Trinajstić information content (AvgIpc) is 3.90. The van der Waals surface area contributed by atoms with Crippen molar-refractivity contribution in [1.82, 2.24) is 36.5 Å². The molecule has 7 atom stereocenters. The maximum atomic E-state index is 14.3. The second-order valence-electron chi connectivity index (χ2n) is 15.0. The SMILES string of the molecule is C[C@H](NC(=O)[C@@H](N)CCC(=O)O)C(=O)N1CCC[C@H]1C(=O)N[C@@H](Cc1c[nH]c2ccccc12)C(=O)N[C@@H](CCC(N)=O)C(=O)N[C@@H](Cc1ccccc1)C(=O)N[C@@H](CO)C(=O)O. The van der Waals surface area contributed by atoms with E-state index in [2.05, 4.69) is 31.6 Å². The first-order valence-electron chi connectivity index (χ1n) is 20.0. The Kier molecular flexibility index (Phi) is 17.5. The number of aliphatic hydroxyl groups excluding tert-OH is 1. The number of nitrogens with zero attached hydrogens (tertiary/aromatic N) is 1. The van der Waals surface area contributed by atoms with Gasteiger partial charge in [-0.15, -0.1) is 0 Å². The third-order valence-electron chi connectivity index (χ3n) is 10.3. The number of likely N-dealkylation sites (tertiary alicyclic amines) is 1. The van der Waals surface area contributed by atoms with E-state index in [1.807, 2.05) is 0 Å². The van der Waals surface area contributed by atoms with Crippen LogP contribution in [0.3, 0.4) is 0 Å². The second-order valence-corrected chi connectivity index (χ2v) is 15.0. The number of aromatic amines is 1. The lowest BCUT2D eigenvalue weighted by Gasteiger charge is -2.29. The van der Waals surface area contributed by atoms with Gasteiger partial charge in [-0.3, -0.25) is 38.4 Å². The second kappa shape index (κ2) is 22.7. The van der Waals surface area contributed by atoms with E-state index in [9.17, 15) is 53.4 Å². The van der Waals surface area contributed by atoms with E-state index in [1.165, 1.54) is 11.8 Å². The van der Waals surface area contributed by atoms with Crippen molar-refractivity contribution in [2.75, 3.05) is 13.2 Å². The van der Waals surface area contributed by atoms with Crippen molar-refractivity contribution in [3.63, 3.8) is 0 Å². The van der Waals surface area contributed by atoms with Crippen molar-refractivity contribution in [2.24, 2.45) is 11.5 Å². The maximum Gasteiger partial charge on any atom is 0.328 e. The number of rotatable bonds is 23. The predicted molar refractivity (Wildman–Crippen MR) is 220 cm³/mol. The molecule has 0 spiro atoms. The van der Waals surface area contributed by atoms with Crippen molar-refractivity contribution in [3.05, 3.63) is 71.9 Å². The number of hydrogen-bond acceptors (Lipinski definition) is 11. The minimum absolute atomic E-state index is 0.121. The molecule has 3 aromatic rings. The average molecular weight is 864 g/mol. The zero-order chi connectivity index (χ0) is 45.5. The lowest BCUT2D eigenvalue weighted by molar-refractivity contribution is -0.143. The normalized spacial score (nSPS) is 16.4. The van der Waals surface area contributed by atoms with Crippen LogP contribution in [0.2, 0.25) is 0 Å². The minimum atomic E-state index is -1.70. The number of primary amides is 1. The molecule has 334 valence electrons. The smallest absolute Gasteiger partial charge is 0.328 e. The van der Waals surface area contributed by atoms with E-state index in [-0.39, 0.29) is 45.1 Å². The molecule has 13 N–H and O–H groups in total. The molecule has 0 unspecified atom stereocenters. The van der Waals surface area contributed by atoms with Gasteiger partial charge >= 0.3 is 11.9 Å². The number of aliphatic hydroxyl groups is 1. The molecule has 1 aliphatic rings. The Labute approximate surface area is 355 Å². The van der Waals surface area contributed by atoms with Gasteiger partial charge in [0.15, 0.2) is 0 Å². The number of fused-ring (bicyclic) bond motifs is 1. The summed E-state index contributed by atoms with van der Waals surface area (Å²) in [7, 11) is 0. The molecule has 62 heavy (non-hydrogen) atoms. The molecule has 2 heterocycles. The standard InChI is InChI=1S/C41H53N9O12/c1-22(45-35(55)26(42)13-16-34(53)54)40(60)50-17-7-12-32(50)39(59)48-30(19-24-20-44-27-11-6-5-10-25(24)27)38(58)46-28(14-15-33(43)52)36(56)47-29(18-23-8-3-2-4-9-23)37(57)49-31(21-51)41(61)62/h2-6,8-11,20,22,26,28-32,44,51H,7,12-19,21,42H2,1H3,(H2,43,52)(H,45,55)(H,46,58)(H,47,56)(H,48,59)(H,49,57)(H,53,54)(H,61,62)/t22-,26-,28-,29-,30-,31-,32-/m0/s1. The van der Waals surface area contributed by atoms with Gasteiger partial charge in [0.25, 0.3) is 0 Å². The van der Waals surface area contributed by atoms with Crippen molar-refractivity contribution < 1.29 is 58.5 Å². The van der Waals surface area contributed by atoms with Gasteiger partial charge in [0, 0.05) is 49.3 Å². The molecule has 0 bridgehead atoms. The quantitative estimate of drug-likeness (QED) is 0.0489. The molecule has 0 saturated carbocycles. The Morgan fingerprint density at radius 3 is 2.02 bits per heavy atom. The van der Waals surface area contributed by atoms with E-state index >= 15 is 0 Å². The first-order chi connectivity index (χ1) is 29.5. The summed E-state index contributed by atoms with van der Waals surface area (Å²) < 4.78 is 0. The van der Waals surface area contributed by atoms with Crippen molar-refractivity contribution >= 4 is 64.2 Å². The fourth-order valence-electron chi connectivity index (χ4n) is 6.96. The lowest BCUT2D eigenvalue weighted by atomic mass is 10.0. The Morgan fingerprint density at radius 2 is 1.37 bits per heavy atom. The van der Waals surface area contributed by atoms with Crippen molar-refractivity contribution in [2.45, 2.75) is 101 Å². The molecule has 1 aromatic heterocycles. The van der Waals surface area contributed by atoms with Crippen LogP contribution in [0.4, 0.5) is 0 Å². The summed E-state index contributed by atoms with van der Waals surface area (Å²) in [6, 6.07) is 6.12. The first-order valence-corrected chi connectivity index (χ1v) is 20.0. The molecule has 2 aromatic carbocycles. The molecule has 0 aliphatic carbocycles. The van der Waals surface area contributed by atoms with Gasteiger partial charge in [-0.05, 0) is 49.8 Å². The minimum Gasteiger partial charge on any atom is -0.481 e. The topological polar surface area (TPSA) is 346 Å². The lowest BCUT2D eigenvalue weighted by Crippen LogP contribution is -2.60. The van der Waals surface area contributed by atoms with E-state index in [4.69, 9.17) is 16.6 Å². The fourth-order valence-corrected chi connectivity index (χ4v) is 6.96. The molecule has 21 nitrogen and oxygen atoms in total. The van der Waals surface area contributed by atoms with Crippen molar-refractivity contribution in [3.8, 4) is 0 Å². The number of nitrogens with two attached hydrogens (primary N) is 2. The number of carbonyl (C=O) groups excluding carboxylic acids is 7. The Bertz CT molecular complexity index is 2110. The van der Waals surface area contributed by atoms with E-state index in [0.29, 0.717) is 17.5 Å². The summed E-state index contributed by atoms with van der Waals surface area (Å²) in [6.45, 7) is 0.592. The zero-order valence-corrected chi connectivity index (χ0v) is 34.0. The van der Waals surface area contributed by atoms with Crippen LogP contribution in [-0.4, -0.2) is 134 Å². The number of aromatic nitrogens is 1. The molecular weight excluding hydrogens is 811 g/mol. The van der Waals surface area contributed by atoms with Crippen LogP contribution in [0.1, 0.15) is 56.6 Å². The molecular formula is C41H53N9O12. The van der Waals surface area contributed by atoms with Crippen LogP contribution < -0.4 is 38.1 Å². The molecule has 4 rings (SSSR count). The van der Waals surface area contributed by atoms with Gasteiger partial charge in [0.05, 0.1) is 12.6 Å². The number of H-pyrrole nitrogens is 1. The number of amides is 7. The number of aliphatic carboxylic acids is 2. The summed E-state index contributed by atoms with van der Waals surface area (Å²) in [4.78, 5) is 121. The zero-order valence-electron chi connectivity index (χ0n) is 34.0. The third-order valence-corrected chi connectivity index (χ3v) is 10.3. The highest BCUT2D eigenvalue weighted by Crippen LogP contribution is 2.22. The first kappa shape index (κ1) is 47.8. The van der Waals surface area contributed by atoms with Gasteiger partial charge < -0.3 is 63.3 Å². The van der Waals surface area contributed by atoms with Crippen molar-refractivity contribution in [1.29, 1.82) is 0 Å². The summed E-state index contributed by atoms with van der Waals surface area (Å²) in [6.07, 6.45) is 0.734.